The van der Waals surface area contributed by atoms with Crippen LogP contribution in [-0.4, -0.2) is 7.11 Å². The van der Waals surface area contributed by atoms with E-state index in [9.17, 15) is 0 Å². The molecule has 0 amide bonds. The van der Waals surface area contributed by atoms with E-state index in [1.165, 1.54) is 24.0 Å². The minimum atomic E-state index is 0.397. The predicted molar refractivity (Wildman–Crippen MR) is 84.3 cm³/mol. The first-order valence-electron chi connectivity index (χ1n) is 7.20. The third-order valence-electron chi connectivity index (χ3n) is 4.04. The molecule has 1 saturated carbocycles. The number of nitrogens with one attached hydrogen (secondary N) is 1. The Hall–Kier alpha value is -1.32. The lowest BCUT2D eigenvalue weighted by atomic mass is 10.00. The highest BCUT2D eigenvalue weighted by Gasteiger charge is 2.33. The molecule has 2 atom stereocenters. The predicted octanol–water partition coefficient (Wildman–Crippen LogP) is 4.56. The quantitative estimate of drug-likeness (QED) is 0.841. The van der Waals surface area contributed by atoms with E-state index in [0.717, 1.165) is 11.7 Å². The summed E-state index contributed by atoms with van der Waals surface area (Å²) < 4.78 is 5.25. The van der Waals surface area contributed by atoms with E-state index in [1.807, 2.05) is 0 Å². The second-order valence-corrected chi connectivity index (χ2v) is 6.31. The maximum atomic E-state index is 5.25. The van der Waals surface area contributed by atoms with Crippen LogP contribution in [0.3, 0.4) is 0 Å². The van der Waals surface area contributed by atoms with E-state index >= 15 is 0 Å². The Balaban J connectivity index is 1.75. The molecule has 20 heavy (non-hydrogen) atoms. The molecule has 0 spiro atoms. The van der Waals surface area contributed by atoms with Crippen LogP contribution < -0.4 is 10.1 Å². The summed E-state index contributed by atoms with van der Waals surface area (Å²) in [7, 11) is 1.71. The van der Waals surface area contributed by atoms with Gasteiger partial charge < -0.3 is 10.1 Å². The minimum Gasteiger partial charge on any atom is -0.497 e. The zero-order valence-electron chi connectivity index (χ0n) is 12.0. The van der Waals surface area contributed by atoms with Crippen LogP contribution in [0.5, 0.6) is 5.75 Å². The van der Waals surface area contributed by atoms with Gasteiger partial charge in [-0.15, -0.1) is 0 Å². The van der Waals surface area contributed by atoms with Crippen molar-refractivity contribution < 1.29 is 4.74 Å². The third kappa shape index (κ3) is 3.05. The van der Waals surface area contributed by atoms with Crippen LogP contribution in [0.1, 0.15) is 43.0 Å². The molecule has 106 valence electrons. The van der Waals surface area contributed by atoms with Crippen molar-refractivity contribution in [3.8, 4) is 5.75 Å². The lowest BCUT2D eigenvalue weighted by Gasteiger charge is -2.23. The van der Waals surface area contributed by atoms with E-state index in [0.29, 0.717) is 12.1 Å². The summed E-state index contributed by atoms with van der Waals surface area (Å²) in [6, 6.07) is 11.6. The Morgan fingerprint density at radius 1 is 1.15 bits per heavy atom. The molecule has 1 fully saturated rings. The van der Waals surface area contributed by atoms with Crippen LogP contribution in [0.15, 0.2) is 41.1 Å². The van der Waals surface area contributed by atoms with Gasteiger partial charge in [-0.2, -0.15) is 11.3 Å². The molecule has 1 N–H and O–H groups in total. The topological polar surface area (TPSA) is 21.3 Å². The van der Waals surface area contributed by atoms with Crippen molar-refractivity contribution in [1.82, 2.24) is 5.32 Å². The van der Waals surface area contributed by atoms with Gasteiger partial charge in [-0.1, -0.05) is 12.1 Å². The van der Waals surface area contributed by atoms with Gasteiger partial charge in [-0.25, -0.2) is 0 Å². The molecule has 0 bridgehead atoms. The molecule has 3 rings (SSSR count). The summed E-state index contributed by atoms with van der Waals surface area (Å²) in [5.74, 6) is 1.71. The molecule has 2 aromatic rings. The van der Waals surface area contributed by atoms with Crippen molar-refractivity contribution >= 4 is 11.3 Å². The lowest BCUT2D eigenvalue weighted by molar-refractivity contribution is 0.411. The molecule has 0 aliphatic heterocycles. The molecule has 2 nitrogen and oxygen atoms in total. The first-order valence-corrected chi connectivity index (χ1v) is 8.14. The van der Waals surface area contributed by atoms with E-state index in [2.05, 4.69) is 53.3 Å². The fraction of sp³-hybridized carbons (Fsp3) is 0.412. The normalized spacial score (nSPS) is 17.7. The fourth-order valence-corrected chi connectivity index (χ4v) is 3.39. The zero-order valence-corrected chi connectivity index (χ0v) is 12.8. The lowest BCUT2D eigenvalue weighted by Crippen LogP contribution is -2.26. The van der Waals surface area contributed by atoms with Crippen LogP contribution in [0, 0.1) is 5.92 Å². The molecule has 1 aliphatic rings. The molecule has 2 unspecified atom stereocenters. The van der Waals surface area contributed by atoms with E-state index < -0.39 is 0 Å². The van der Waals surface area contributed by atoms with E-state index in [4.69, 9.17) is 4.74 Å². The monoisotopic (exact) mass is 287 g/mol. The van der Waals surface area contributed by atoms with Crippen molar-refractivity contribution in [2.75, 3.05) is 7.11 Å². The molecule has 1 heterocycles. The van der Waals surface area contributed by atoms with Crippen molar-refractivity contribution in [3.05, 3.63) is 52.2 Å². The van der Waals surface area contributed by atoms with Crippen LogP contribution >= 0.6 is 11.3 Å². The molecule has 0 radical (unpaired) electrons. The average molecular weight is 287 g/mol. The van der Waals surface area contributed by atoms with Crippen molar-refractivity contribution in [1.29, 1.82) is 0 Å². The number of rotatable bonds is 6. The molecular formula is C17H21NOS. The van der Waals surface area contributed by atoms with Crippen LogP contribution in [0.4, 0.5) is 0 Å². The number of benzene rings is 1. The van der Waals surface area contributed by atoms with Gasteiger partial charge >= 0.3 is 0 Å². The van der Waals surface area contributed by atoms with Crippen molar-refractivity contribution in [3.63, 3.8) is 0 Å². The van der Waals surface area contributed by atoms with Gasteiger partial charge in [-0.3, -0.25) is 0 Å². The van der Waals surface area contributed by atoms with Gasteiger partial charge in [0.05, 0.1) is 7.11 Å². The van der Waals surface area contributed by atoms with Gasteiger partial charge in [-0.05, 0) is 65.8 Å². The summed E-state index contributed by atoms with van der Waals surface area (Å²) in [4.78, 5) is 0. The Kier molecular flexibility index (Phi) is 4.08. The smallest absolute Gasteiger partial charge is 0.118 e. The van der Waals surface area contributed by atoms with Crippen molar-refractivity contribution in [2.45, 2.75) is 31.8 Å². The highest BCUT2D eigenvalue weighted by Crippen LogP contribution is 2.42. The summed E-state index contributed by atoms with van der Waals surface area (Å²) in [5, 5.41) is 8.18. The Morgan fingerprint density at radius 2 is 1.90 bits per heavy atom. The molecular weight excluding hydrogens is 266 g/mol. The molecule has 0 saturated heterocycles. The Bertz CT molecular complexity index is 531. The molecule has 1 aromatic carbocycles. The third-order valence-corrected chi connectivity index (χ3v) is 4.74. The minimum absolute atomic E-state index is 0.397. The van der Waals surface area contributed by atoms with Gasteiger partial charge in [0, 0.05) is 12.1 Å². The van der Waals surface area contributed by atoms with Crippen LogP contribution in [0.25, 0.3) is 0 Å². The molecule has 1 aliphatic carbocycles. The Labute approximate surface area is 124 Å². The molecule has 1 aromatic heterocycles. The number of hydrogen-bond donors (Lipinski definition) is 1. The second kappa shape index (κ2) is 5.98. The average Bonchev–Trinajstić information content (AvgIpc) is 3.17. The number of hydrogen-bond acceptors (Lipinski definition) is 3. The summed E-state index contributed by atoms with van der Waals surface area (Å²) in [6.07, 6.45) is 2.67. The van der Waals surface area contributed by atoms with Gasteiger partial charge in [0.25, 0.3) is 0 Å². The summed E-state index contributed by atoms with van der Waals surface area (Å²) >= 11 is 1.76. The Morgan fingerprint density at radius 3 is 2.45 bits per heavy atom. The largest absolute Gasteiger partial charge is 0.497 e. The van der Waals surface area contributed by atoms with Gasteiger partial charge in [0.1, 0.15) is 5.75 Å². The second-order valence-electron chi connectivity index (χ2n) is 5.53. The molecule has 3 heteroatoms. The zero-order chi connectivity index (χ0) is 13.9. The van der Waals surface area contributed by atoms with E-state index in [1.54, 1.807) is 18.4 Å². The maximum absolute atomic E-state index is 5.25. The standard InChI is InChI=1S/C17H21NOS/c1-12(15-9-10-20-11-15)18-17(13-3-4-13)14-5-7-16(19-2)8-6-14/h5-13,17-18H,3-4H2,1-2H3. The maximum Gasteiger partial charge on any atom is 0.118 e. The highest BCUT2D eigenvalue weighted by atomic mass is 32.1. The summed E-state index contributed by atoms with van der Waals surface area (Å²) in [6.45, 7) is 2.25. The van der Waals surface area contributed by atoms with Gasteiger partial charge in [0.2, 0.25) is 0 Å². The number of methoxy groups -OCH3 is 1. The van der Waals surface area contributed by atoms with Crippen LogP contribution in [0.2, 0.25) is 0 Å². The SMILES string of the molecule is COc1ccc(C(NC(C)c2ccsc2)C2CC2)cc1. The van der Waals surface area contributed by atoms with E-state index in [-0.39, 0.29) is 0 Å². The van der Waals surface area contributed by atoms with Gasteiger partial charge in [0.15, 0.2) is 0 Å². The first-order chi connectivity index (χ1) is 9.78. The highest BCUT2D eigenvalue weighted by molar-refractivity contribution is 7.07. The first kappa shape index (κ1) is 13.7. The fourth-order valence-electron chi connectivity index (χ4n) is 2.63. The van der Waals surface area contributed by atoms with Crippen molar-refractivity contribution in [2.24, 2.45) is 5.92 Å². The number of thiophene rings is 1. The number of ether oxygens (including phenoxy) is 1. The van der Waals surface area contributed by atoms with Crippen LogP contribution in [-0.2, 0) is 0 Å². The summed E-state index contributed by atoms with van der Waals surface area (Å²) in [5.41, 5.74) is 2.75.